The molecule has 3 aliphatic carbocycles. The molecular weight excluding hydrogens is 637 g/mol. The number of rotatable bonds is 10. The van der Waals surface area contributed by atoms with Crippen molar-refractivity contribution in [1.29, 1.82) is 0 Å². The van der Waals surface area contributed by atoms with E-state index in [0.29, 0.717) is 5.92 Å². The Bertz CT molecular complexity index is 2070. The largest absolute Gasteiger partial charge is 0.0871 e. The first-order valence-electron chi connectivity index (χ1n) is 20.6. The van der Waals surface area contributed by atoms with Crippen LogP contribution in [0.25, 0.3) is 50.1 Å². The van der Waals surface area contributed by atoms with Gasteiger partial charge in [-0.1, -0.05) is 136 Å². The van der Waals surface area contributed by atoms with Gasteiger partial charge in [0.25, 0.3) is 0 Å². The molecule has 7 rings (SSSR count). The molecule has 0 bridgehead atoms. The summed E-state index contributed by atoms with van der Waals surface area (Å²) in [5.41, 5.74) is 15.4. The summed E-state index contributed by atoms with van der Waals surface area (Å²) in [6, 6.07) is 34.8. The topological polar surface area (TPSA) is 0 Å². The van der Waals surface area contributed by atoms with Crippen LogP contribution < -0.4 is 0 Å². The van der Waals surface area contributed by atoms with Crippen LogP contribution in [0.2, 0.25) is 0 Å². The molecule has 0 N–H and O–H groups in total. The Morgan fingerprint density at radius 3 is 1.87 bits per heavy atom. The van der Waals surface area contributed by atoms with Crippen LogP contribution >= 0.6 is 0 Å². The molecule has 3 atom stereocenters. The van der Waals surface area contributed by atoms with E-state index < -0.39 is 0 Å². The molecule has 4 aromatic carbocycles. The Morgan fingerprint density at radius 1 is 0.660 bits per heavy atom. The lowest BCUT2D eigenvalue weighted by atomic mass is 9.73. The van der Waals surface area contributed by atoms with Gasteiger partial charge in [-0.3, -0.25) is 0 Å². The van der Waals surface area contributed by atoms with Crippen molar-refractivity contribution in [3.63, 3.8) is 0 Å². The first-order valence-corrected chi connectivity index (χ1v) is 20.6. The maximum atomic E-state index is 2.54. The highest BCUT2D eigenvalue weighted by Gasteiger charge is 2.26. The van der Waals surface area contributed by atoms with Crippen LogP contribution in [-0.4, -0.2) is 0 Å². The first-order chi connectivity index (χ1) is 26.0. The lowest BCUT2D eigenvalue weighted by Crippen LogP contribution is -2.20. The van der Waals surface area contributed by atoms with Crippen molar-refractivity contribution in [1.82, 2.24) is 0 Å². The van der Waals surface area contributed by atoms with Crippen molar-refractivity contribution in [2.75, 3.05) is 0 Å². The first kappa shape index (κ1) is 36.7. The van der Waals surface area contributed by atoms with Crippen molar-refractivity contribution in [3.05, 3.63) is 162 Å². The number of hydrogen-bond acceptors (Lipinski definition) is 0. The molecule has 53 heavy (non-hydrogen) atoms. The molecule has 0 saturated heterocycles. The molecule has 3 aliphatic rings. The summed E-state index contributed by atoms with van der Waals surface area (Å²) < 4.78 is 0. The van der Waals surface area contributed by atoms with Crippen LogP contribution in [0, 0.1) is 23.7 Å². The minimum absolute atomic E-state index is 0.612. The molecule has 0 amide bonds. The second kappa shape index (κ2) is 17.4. The average molecular weight is 695 g/mol. The van der Waals surface area contributed by atoms with E-state index in [-0.39, 0.29) is 0 Å². The fourth-order valence-electron chi connectivity index (χ4n) is 8.46. The highest BCUT2D eigenvalue weighted by Crippen LogP contribution is 2.40. The van der Waals surface area contributed by atoms with Crippen LogP contribution in [0.5, 0.6) is 0 Å². The van der Waals surface area contributed by atoms with E-state index in [4.69, 9.17) is 0 Å². The highest BCUT2D eigenvalue weighted by molar-refractivity contribution is 5.86. The predicted molar refractivity (Wildman–Crippen MR) is 232 cm³/mol. The molecule has 0 spiro atoms. The number of hydrogen-bond donors (Lipinski definition) is 0. The maximum absolute atomic E-state index is 2.54. The van der Waals surface area contributed by atoms with E-state index >= 15 is 0 Å². The zero-order chi connectivity index (χ0) is 36.6. The third-order valence-corrected chi connectivity index (χ3v) is 12.0. The van der Waals surface area contributed by atoms with Gasteiger partial charge in [0.1, 0.15) is 0 Å². The summed E-state index contributed by atoms with van der Waals surface area (Å²) in [6.07, 6.45) is 32.7. The van der Waals surface area contributed by atoms with Crippen LogP contribution in [0.4, 0.5) is 0 Å². The molecule has 270 valence electrons. The van der Waals surface area contributed by atoms with Gasteiger partial charge < -0.3 is 0 Å². The zero-order valence-electron chi connectivity index (χ0n) is 32.5. The van der Waals surface area contributed by atoms with Gasteiger partial charge in [0, 0.05) is 0 Å². The Morgan fingerprint density at radius 2 is 1.28 bits per heavy atom. The summed E-state index contributed by atoms with van der Waals surface area (Å²) in [4.78, 5) is 0. The molecule has 1 fully saturated rings. The molecular formula is C53H58. The molecule has 0 heterocycles. The molecule has 3 unspecified atom stereocenters. The molecule has 0 radical (unpaired) electrons. The summed E-state index contributed by atoms with van der Waals surface area (Å²) in [6.45, 7) is 9.05. The Balaban J connectivity index is 1.31. The second-order valence-electron chi connectivity index (χ2n) is 15.8. The van der Waals surface area contributed by atoms with Crippen molar-refractivity contribution in [2.45, 2.75) is 85.5 Å². The molecule has 1 saturated carbocycles. The van der Waals surface area contributed by atoms with Gasteiger partial charge in [0.15, 0.2) is 0 Å². The Kier molecular flexibility index (Phi) is 12.1. The predicted octanol–water partition coefficient (Wildman–Crippen LogP) is 15.6. The third kappa shape index (κ3) is 8.93. The van der Waals surface area contributed by atoms with Crippen molar-refractivity contribution in [3.8, 4) is 33.4 Å². The zero-order valence-corrected chi connectivity index (χ0v) is 32.5. The van der Waals surface area contributed by atoms with E-state index in [1.54, 1.807) is 0 Å². The van der Waals surface area contributed by atoms with Gasteiger partial charge in [-0.25, -0.2) is 0 Å². The smallest absolute Gasteiger partial charge is 0.0167 e. The molecule has 0 aliphatic heterocycles. The Labute approximate surface area is 320 Å². The summed E-state index contributed by atoms with van der Waals surface area (Å²) in [7, 11) is 0. The quantitative estimate of drug-likeness (QED) is 0.145. The minimum Gasteiger partial charge on any atom is -0.0871 e. The monoisotopic (exact) mass is 694 g/mol. The lowest BCUT2D eigenvalue weighted by Gasteiger charge is -2.33. The van der Waals surface area contributed by atoms with Crippen LogP contribution in [-0.2, 0) is 0 Å². The van der Waals surface area contributed by atoms with Crippen LogP contribution in [0.1, 0.15) is 102 Å². The number of allylic oxidation sites excluding steroid dienone is 12. The highest BCUT2D eigenvalue weighted by atomic mass is 14.3. The average Bonchev–Trinajstić information content (AvgIpc) is 3.27. The fraction of sp³-hybridized carbons (Fsp3) is 0.321. The lowest BCUT2D eigenvalue weighted by molar-refractivity contribution is 0.242. The van der Waals surface area contributed by atoms with Crippen LogP contribution in [0.15, 0.2) is 146 Å². The van der Waals surface area contributed by atoms with Crippen molar-refractivity contribution >= 4 is 16.7 Å². The van der Waals surface area contributed by atoms with Gasteiger partial charge >= 0.3 is 0 Å². The van der Waals surface area contributed by atoms with E-state index in [1.807, 2.05) is 0 Å². The van der Waals surface area contributed by atoms with Gasteiger partial charge in [0.2, 0.25) is 0 Å². The van der Waals surface area contributed by atoms with E-state index in [9.17, 15) is 0 Å². The van der Waals surface area contributed by atoms with E-state index in [1.165, 1.54) is 112 Å². The van der Waals surface area contributed by atoms with Gasteiger partial charge in [-0.15, -0.1) is 0 Å². The van der Waals surface area contributed by atoms with Crippen molar-refractivity contribution in [2.24, 2.45) is 23.7 Å². The summed E-state index contributed by atoms with van der Waals surface area (Å²) in [5.74, 6) is 2.96. The van der Waals surface area contributed by atoms with Gasteiger partial charge in [-0.05, 0) is 185 Å². The maximum Gasteiger partial charge on any atom is -0.0167 e. The molecule has 0 aromatic heterocycles. The van der Waals surface area contributed by atoms with E-state index in [2.05, 4.69) is 173 Å². The second-order valence-corrected chi connectivity index (χ2v) is 15.8. The summed E-state index contributed by atoms with van der Waals surface area (Å²) >= 11 is 0. The standard InChI is InChI=1S/C53H58/c1-5-13-40(14-6-2)45-19-10-22-48(32-45)51-35-52(49-23-11-20-46(33-49)43-29-27-42(28-30-43)41-16-9-17-41)37-53(36-51)50-24-12-21-47(34-50)44-18-8-15-38(4)25-26-39(7-3)31-44/h5,8,10-14,18-24,27,29-39,41-42H,6-7,9,15-17,25-26,28H2,1-4H3/b13-5-,18-8-,40-14+,44-31+. The molecule has 4 aromatic rings. The molecule has 0 heteroatoms. The SMILES string of the molecule is C/C=C\C(=C/CC)c1cccc(-c2cc(-c3cccc(C4=CCC(C5CCC5)C=C4)c3)cc(-c3cccc(C4=C/C(CC)CCC(C)C/C=C\4)c3)c2)c1. The minimum atomic E-state index is 0.612. The summed E-state index contributed by atoms with van der Waals surface area (Å²) in [5, 5.41) is 0. The normalized spacial score (nSPS) is 22.6. The van der Waals surface area contributed by atoms with Gasteiger partial charge in [-0.2, -0.15) is 0 Å². The number of benzene rings is 4. The molecule has 0 nitrogen and oxygen atoms in total. The van der Waals surface area contributed by atoms with E-state index in [0.717, 1.165) is 30.6 Å². The Hall–Kier alpha value is -4.68. The van der Waals surface area contributed by atoms with Crippen LogP contribution in [0.3, 0.4) is 0 Å². The van der Waals surface area contributed by atoms with Crippen molar-refractivity contribution < 1.29 is 0 Å². The fourth-order valence-corrected chi connectivity index (χ4v) is 8.46. The van der Waals surface area contributed by atoms with Gasteiger partial charge in [0.05, 0.1) is 0 Å². The third-order valence-electron chi connectivity index (χ3n) is 12.0.